The van der Waals surface area contributed by atoms with Gasteiger partial charge in [-0.05, 0) is 26.8 Å². The van der Waals surface area contributed by atoms with Gasteiger partial charge in [0.05, 0.1) is 11.7 Å². The lowest BCUT2D eigenvalue weighted by molar-refractivity contribution is -0.153. The van der Waals surface area contributed by atoms with Crippen LogP contribution in [0.25, 0.3) is 0 Å². The molecule has 1 atom stereocenters. The van der Waals surface area contributed by atoms with E-state index < -0.39 is 0 Å². The molecule has 1 aromatic rings. The van der Waals surface area contributed by atoms with Crippen LogP contribution in [0, 0.1) is 0 Å². The van der Waals surface area contributed by atoms with E-state index in [2.05, 4.69) is 22.6 Å². The van der Waals surface area contributed by atoms with Crippen molar-refractivity contribution < 1.29 is 9.47 Å². The molecule has 0 aliphatic heterocycles. The molecule has 0 aliphatic carbocycles. The molecule has 1 aromatic heterocycles. The number of nitrogens with one attached hydrogen (secondary N) is 1. The van der Waals surface area contributed by atoms with E-state index >= 15 is 0 Å². The minimum Gasteiger partial charge on any atom is -0.351 e. The zero-order valence-electron chi connectivity index (χ0n) is 12.4. The Kier molecular flexibility index (Phi) is 7.62. The lowest BCUT2D eigenvalue weighted by Crippen LogP contribution is -2.45. The summed E-state index contributed by atoms with van der Waals surface area (Å²) >= 11 is 0. The van der Waals surface area contributed by atoms with Crippen LogP contribution in [0.3, 0.4) is 0 Å². The van der Waals surface area contributed by atoms with Crippen LogP contribution in [-0.4, -0.2) is 47.1 Å². The van der Waals surface area contributed by atoms with Gasteiger partial charge in [-0.2, -0.15) is 0 Å². The second-order valence-electron chi connectivity index (χ2n) is 4.43. The van der Waals surface area contributed by atoms with E-state index in [1.165, 1.54) is 0 Å². The number of ether oxygens (including phenoxy) is 2. The summed E-state index contributed by atoms with van der Waals surface area (Å²) in [6.45, 7) is 8.30. The second kappa shape index (κ2) is 9.01. The van der Waals surface area contributed by atoms with Crippen LogP contribution in [0.15, 0.2) is 6.20 Å². The average Bonchev–Trinajstić information content (AvgIpc) is 2.80. The molecule has 1 heterocycles. The first-order valence-electron chi connectivity index (χ1n) is 7.03. The molecule has 0 bridgehead atoms. The standard InChI is InChI=1S/C13H26N4O2/c1-5-8-14-12(13(18-6-2)19-7-3)9-11-10-17(4)16-15-11/h10,12-14H,5-9H2,1-4H3. The van der Waals surface area contributed by atoms with Crippen molar-refractivity contribution in [1.82, 2.24) is 20.3 Å². The van der Waals surface area contributed by atoms with Crippen molar-refractivity contribution in [3.05, 3.63) is 11.9 Å². The summed E-state index contributed by atoms with van der Waals surface area (Å²) in [4.78, 5) is 0. The number of hydrogen-bond acceptors (Lipinski definition) is 5. The summed E-state index contributed by atoms with van der Waals surface area (Å²) < 4.78 is 13.1. The van der Waals surface area contributed by atoms with Crippen LogP contribution in [0.2, 0.25) is 0 Å². The van der Waals surface area contributed by atoms with E-state index in [4.69, 9.17) is 9.47 Å². The van der Waals surface area contributed by atoms with Gasteiger partial charge in [-0.15, -0.1) is 5.10 Å². The minimum absolute atomic E-state index is 0.0940. The highest BCUT2D eigenvalue weighted by molar-refractivity contribution is 4.96. The molecular weight excluding hydrogens is 244 g/mol. The molecule has 6 nitrogen and oxygen atoms in total. The van der Waals surface area contributed by atoms with E-state index in [1.54, 1.807) is 4.68 Å². The Morgan fingerprint density at radius 2 is 1.95 bits per heavy atom. The van der Waals surface area contributed by atoms with Crippen molar-refractivity contribution in [2.75, 3.05) is 19.8 Å². The topological polar surface area (TPSA) is 61.2 Å². The van der Waals surface area contributed by atoms with Gasteiger partial charge in [0, 0.05) is 32.9 Å². The smallest absolute Gasteiger partial charge is 0.173 e. The fourth-order valence-electron chi connectivity index (χ4n) is 1.92. The molecule has 0 aliphatic rings. The fraction of sp³-hybridized carbons (Fsp3) is 0.846. The molecule has 0 radical (unpaired) electrons. The quantitative estimate of drug-likeness (QED) is 0.646. The van der Waals surface area contributed by atoms with Gasteiger partial charge in [0.25, 0.3) is 0 Å². The van der Waals surface area contributed by atoms with Gasteiger partial charge in [0.15, 0.2) is 6.29 Å². The monoisotopic (exact) mass is 270 g/mol. The molecule has 110 valence electrons. The van der Waals surface area contributed by atoms with Crippen molar-refractivity contribution in [2.24, 2.45) is 7.05 Å². The van der Waals surface area contributed by atoms with Gasteiger partial charge in [0.1, 0.15) is 0 Å². The number of hydrogen-bond donors (Lipinski definition) is 1. The molecule has 19 heavy (non-hydrogen) atoms. The lowest BCUT2D eigenvalue weighted by atomic mass is 10.1. The van der Waals surface area contributed by atoms with Gasteiger partial charge in [-0.3, -0.25) is 4.68 Å². The van der Waals surface area contributed by atoms with Crippen molar-refractivity contribution in [3.63, 3.8) is 0 Å². The molecule has 6 heteroatoms. The van der Waals surface area contributed by atoms with Crippen LogP contribution >= 0.6 is 0 Å². The molecule has 0 saturated heterocycles. The first-order chi connectivity index (χ1) is 9.21. The summed E-state index contributed by atoms with van der Waals surface area (Å²) in [5.41, 5.74) is 0.945. The van der Waals surface area contributed by atoms with Crippen LogP contribution in [0.4, 0.5) is 0 Å². The molecule has 0 amide bonds. The van der Waals surface area contributed by atoms with Crippen LogP contribution in [0.1, 0.15) is 32.9 Å². The molecule has 0 saturated carbocycles. The van der Waals surface area contributed by atoms with Gasteiger partial charge in [0.2, 0.25) is 0 Å². The average molecular weight is 270 g/mol. The molecule has 0 fully saturated rings. The Balaban J connectivity index is 2.67. The maximum atomic E-state index is 5.68. The maximum Gasteiger partial charge on any atom is 0.173 e. The number of nitrogens with zero attached hydrogens (tertiary/aromatic N) is 3. The molecule has 1 N–H and O–H groups in total. The van der Waals surface area contributed by atoms with E-state index in [1.807, 2.05) is 27.1 Å². The van der Waals surface area contributed by atoms with Crippen molar-refractivity contribution in [1.29, 1.82) is 0 Å². The molecule has 0 spiro atoms. The molecular formula is C13H26N4O2. The molecule has 1 rings (SSSR count). The summed E-state index contributed by atoms with van der Waals surface area (Å²) in [6, 6.07) is 0.0940. The Hall–Kier alpha value is -0.980. The fourth-order valence-corrected chi connectivity index (χ4v) is 1.92. The van der Waals surface area contributed by atoms with Crippen LogP contribution in [0.5, 0.6) is 0 Å². The van der Waals surface area contributed by atoms with E-state index in [0.29, 0.717) is 13.2 Å². The third-order valence-electron chi connectivity index (χ3n) is 2.73. The Morgan fingerprint density at radius 3 is 2.42 bits per heavy atom. The van der Waals surface area contributed by atoms with E-state index in [0.717, 1.165) is 25.1 Å². The predicted molar refractivity (Wildman–Crippen MR) is 73.8 cm³/mol. The summed E-state index contributed by atoms with van der Waals surface area (Å²) in [7, 11) is 1.87. The minimum atomic E-state index is -0.247. The zero-order valence-corrected chi connectivity index (χ0v) is 12.4. The van der Waals surface area contributed by atoms with Crippen LogP contribution in [-0.2, 0) is 22.9 Å². The van der Waals surface area contributed by atoms with Crippen LogP contribution < -0.4 is 5.32 Å². The van der Waals surface area contributed by atoms with Gasteiger partial charge in [-0.25, -0.2) is 0 Å². The lowest BCUT2D eigenvalue weighted by Gasteiger charge is -2.27. The summed E-state index contributed by atoms with van der Waals surface area (Å²) in [5, 5.41) is 11.6. The Morgan fingerprint density at radius 1 is 1.26 bits per heavy atom. The second-order valence-corrected chi connectivity index (χ2v) is 4.43. The predicted octanol–water partition coefficient (Wildman–Crippen LogP) is 1.12. The normalized spacial score (nSPS) is 13.1. The van der Waals surface area contributed by atoms with E-state index in [9.17, 15) is 0 Å². The van der Waals surface area contributed by atoms with Crippen molar-refractivity contribution >= 4 is 0 Å². The van der Waals surface area contributed by atoms with Gasteiger partial charge in [-0.1, -0.05) is 12.1 Å². The highest BCUT2D eigenvalue weighted by Crippen LogP contribution is 2.08. The third kappa shape index (κ3) is 5.67. The van der Waals surface area contributed by atoms with Crippen molar-refractivity contribution in [3.8, 4) is 0 Å². The number of aromatic nitrogens is 3. The Labute approximate surface area is 115 Å². The highest BCUT2D eigenvalue weighted by Gasteiger charge is 2.23. The summed E-state index contributed by atoms with van der Waals surface area (Å²) in [5.74, 6) is 0. The number of aryl methyl sites for hydroxylation is 1. The van der Waals surface area contributed by atoms with E-state index in [-0.39, 0.29) is 12.3 Å². The maximum absolute atomic E-state index is 5.68. The third-order valence-corrected chi connectivity index (χ3v) is 2.73. The summed E-state index contributed by atoms with van der Waals surface area (Å²) in [6.07, 6.45) is 3.50. The largest absolute Gasteiger partial charge is 0.351 e. The first-order valence-corrected chi connectivity index (χ1v) is 7.03. The molecule has 1 unspecified atom stereocenters. The SMILES string of the molecule is CCCNC(Cc1cn(C)nn1)C(OCC)OCC. The Bertz CT molecular complexity index is 337. The molecule has 0 aromatic carbocycles. The first kappa shape index (κ1) is 16.1. The van der Waals surface area contributed by atoms with Crippen molar-refractivity contribution in [2.45, 2.75) is 45.9 Å². The highest BCUT2D eigenvalue weighted by atomic mass is 16.7. The van der Waals surface area contributed by atoms with Gasteiger partial charge < -0.3 is 14.8 Å². The van der Waals surface area contributed by atoms with Gasteiger partial charge >= 0.3 is 0 Å². The number of rotatable bonds is 10. The zero-order chi connectivity index (χ0) is 14.1.